The molecule has 0 saturated heterocycles. The lowest BCUT2D eigenvalue weighted by molar-refractivity contribution is 0.0686. The molecule has 0 bridgehead atoms. The largest absolute Gasteiger partial charge is 0.486 e. The molecule has 0 aliphatic heterocycles. The number of benzene rings is 1. The van der Waals surface area contributed by atoms with Crippen molar-refractivity contribution in [3.8, 4) is 5.75 Å². The number of ether oxygens (including phenoxy) is 1. The Bertz CT molecular complexity index is 387. The highest BCUT2D eigenvalue weighted by molar-refractivity contribution is 5.91. The molecule has 4 heteroatoms. The van der Waals surface area contributed by atoms with Gasteiger partial charge >= 0.3 is 5.97 Å². The Morgan fingerprint density at radius 2 is 2.33 bits per heavy atom. The van der Waals surface area contributed by atoms with E-state index in [1.165, 1.54) is 18.2 Å². The highest BCUT2D eigenvalue weighted by Gasteiger charge is 2.17. The van der Waals surface area contributed by atoms with Crippen LogP contribution in [0.3, 0.4) is 0 Å². The number of halogens is 1. The minimum Gasteiger partial charge on any atom is -0.486 e. The van der Waals surface area contributed by atoms with Crippen molar-refractivity contribution < 1.29 is 19.0 Å². The van der Waals surface area contributed by atoms with Gasteiger partial charge in [-0.05, 0) is 19.1 Å². The van der Waals surface area contributed by atoms with Gasteiger partial charge in [-0.15, -0.1) is 0 Å². The molecule has 0 heterocycles. The van der Waals surface area contributed by atoms with Crippen LogP contribution >= 0.6 is 0 Å². The summed E-state index contributed by atoms with van der Waals surface area (Å²) in [6.07, 6.45) is 1.13. The van der Waals surface area contributed by atoms with Gasteiger partial charge in [-0.3, -0.25) is 0 Å². The minimum atomic E-state index is -1.35. The number of carboxylic acid groups (broad SMARTS) is 1. The summed E-state index contributed by atoms with van der Waals surface area (Å²) < 4.78 is 18.4. The zero-order chi connectivity index (χ0) is 11.4. The third-order valence-electron chi connectivity index (χ3n) is 1.83. The van der Waals surface area contributed by atoms with Crippen LogP contribution in [0.4, 0.5) is 4.39 Å². The number of carboxylic acids is 1. The Balaban J connectivity index is 3.11. The van der Waals surface area contributed by atoms with E-state index in [-0.39, 0.29) is 11.9 Å². The van der Waals surface area contributed by atoms with Crippen LogP contribution in [0.2, 0.25) is 0 Å². The van der Waals surface area contributed by atoms with Crippen LogP contribution in [0.15, 0.2) is 30.9 Å². The van der Waals surface area contributed by atoms with Gasteiger partial charge in [0.1, 0.15) is 23.2 Å². The maximum Gasteiger partial charge on any atom is 0.342 e. The van der Waals surface area contributed by atoms with E-state index in [4.69, 9.17) is 9.84 Å². The van der Waals surface area contributed by atoms with Gasteiger partial charge in [0.05, 0.1) is 0 Å². The average molecular weight is 210 g/mol. The fraction of sp³-hybridized carbons (Fsp3) is 0.182. The molecule has 0 spiro atoms. The summed E-state index contributed by atoms with van der Waals surface area (Å²) in [6, 6.07) is 3.88. The van der Waals surface area contributed by atoms with E-state index in [9.17, 15) is 9.18 Å². The summed E-state index contributed by atoms with van der Waals surface area (Å²) in [7, 11) is 0. The number of hydrogen-bond acceptors (Lipinski definition) is 2. The van der Waals surface area contributed by atoms with Gasteiger partial charge in [0.15, 0.2) is 0 Å². The molecule has 0 aromatic heterocycles. The molecular weight excluding hydrogens is 199 g/mol. The molecular formula is C11H11FO3. The van der Waals surface area contributed by atoms with Crippen LogP contribution in [0.5, 0.6) is 5.75 Å². The Hall–Kier alpha value is -1.84. The Morgan fingerprint density at radius 1 is 1.67 bits per heavy atom. The van der Waals surface area contributed by atoms with Crippen molar-refractivity contribution in [3.05, 3.63) is 42.2 Å². The van der Waals surface area contributed by atoms with E-state index in [1.54, 1.807) is 6.92 Å². The highest BCUT2D eigenvalue weighted by Crippen LogP contribution is 2.22. The highest BCUT2D eigenvalue weighted by atomic mass is 19.1. The topological polar surface area (TPSA) is 46.5 Å². The molecule has 0 aliphatic rings. The van der Waals surface area contributed by atoms with Crippen LogP contribution in [0.25, 0.3) is 0 Å². The number of aromatic carboxylic acids is 1. The van der Waals surface area contributed by atoms with E-state index in [1.807, 2.05) is 0 Å². The number of carbonyl (C=O) groups is 1. The van der Waals surface area contributed by atoms with Crippen LogP contribution in [-0.4, -0.2) is 17.2 Å². The van der Waals surface area contributed by atoms with Crippen LogP contribution in [0.1, 0.15) is 17.3 Å². The van der Waals surface area contributed by atoms with Gasteiger partial charge < -0.3 is 9.84 Å². The van der Waals surface area contributed by atoms with E-state index >= 15 is 0 Å². The second-order valence-electron chi connectivity index (χ2n) is 2.98. The van der Waals surface area contributed by atoms with Crippen molar-refractivity contribution in [2.75, 3.05) is 0 Å². The molecule has 1 unspecified atom stereocenters. The Morgan fingerprint density at radius 3 is 2.87 bits per heavy atom. The molecule has 80 valence electrons. The lowest BCUT2D eigenvalue weighted by Gasteiger charge is -2.12. The summed E-state index contributed by atoms with van der Waals surface area (Å²) in [6.45, 7) is 5.17. The molecule has 1 rings (SSSR count). The second-order valence-corrected chi connectivity index (χ2v) is 2.98. The molecule has 0 saturated carbocycles. The van der Waals surface area contributed by atoms with Crippen molar-refractivity contribution in [3.63, 3.8) is 0 Å². The fourth-order valence-electron chi connectivity index (χ4n) is 1.06. The van der Waals surface area contributed by atoms with Crippen LogP contribution in [0, 0.1) is 5.82 Å². The van der Waals surface area contributed by atoms with Gasteiger partial charge in [-0.1, -0.05) is 18.7 Å². The zero-order valence-electron chi connectivity index (χ0n) is 8.24. The van der Waals surface area contributed by atoms with E-state index in [0.29, 0.717) is 0 Å². The summed E-state index contributed by atoms with van der Waals surface area (Å²) >= 11 is 0. The number of rotatable bonds is 4. The predicted molar refractivity (Wildman–Crippen MR) is 53.6 cm³/mol. The van der Waals surface area contributed by atoms with Crippen molar-refractivity contribution in [1.29, 1.82) is 0 Å². The molecule has 1 aromatic carbocycles. The second kappa shape index (κ2) is 4.59. The Labute approximate surface area is 86.8 Å². The molecule has 1 N–H and O–H groups in total. The van der Waals surface area contributed by atoms with Gasteiger partial charge in [-0.2, -0.15) is 0 Å². The first kappa shape index (κ1) is 11.2. The third-order valence-corrected chi connectivity index (χ3v) is 1.83. The molecule has 0 fully saturated rings. The van der Waals surface area contributed by atoms with Gasteiger partial charge in [0.25, 0.3) is 0 Å². The van der Waals surface area contributed by atoms with E-state index in [0.717, 1.165) is 6.07 Å². The quantitative estimate of drug-likeness (QED) is 0.776. The summed E-state index contributed by atoms with van der Waals surface area (Å²) in [5.74, 6) is -2.15. The van der Waals surface area contributed by atoms with Gasteiger partial charge in [0, 0.05) is 0 Å². The standard InChI is InChI=1S/C11H11FO3/c1-3-7(2)15-9-6-4-5-8(12)10(9)11(13)14/h3-7H,1H2,2H3,(H,13,14). The first-order valence-electron chi connectivity index (χ1n) is 4.37. The first-order valence-corrected chi connectivity index (χ1v) is 4.37. The van der Waals surface area contributed by atoms with E-state index in [2.05, 4.69) is 6.58 Å². The maximum absolute atomic E-state index is 13.2. The van der Waals surface area contributed by atoms with Gasteiger partial charge in [0.2, 0.25) is 0 Å². The number of hydrogen-bond donors (Lipinski definition) is 1. The monoisotopic (exact) mass is 210 g/mol. The van der Waals surface area contributed by atoms with Crippen LogP contribution < -0.4 is 4.74 Å². The first-order chi connectivity index (χ1) is 7.06. The maximum atomic E-state index is 13.2. The van der Waals surface area contributed by atoms with Crippen molar-refractivity contribution >= 4 is 5.97 Å². The minimum absolute atomic E-state index is 0.00917. The lowest BCUT2D eigenvalue weighted by Crippen LogP contribution is -2.12. The van der Waals surface area contributed by atoms with Crippen molar-refractivity contribution in [1.82, 2.24) is 0 Å². The molecule has 0 aliphatic carbocycles. The zero-order valence-corrected chi connectivity index (χ0v) is 8.24. The normalized spacial score (nSPS) is 11.9. The smallest absolute Gasteiger partial charge is 0.342 e. The molecule has 15 heavy (non-hydrogen) atoms. The van der Waals surface area contributed by atoms with Crippen LogP contribution in [-0.2, 0) is 0 Å². The predicted octanol–water partition coefficient (Wildman–Crippen LogP) is 2.48. The summed E-state index contributed by atoms with van der Waals surface area (Å²) in [5.41, 5.74) is -0.453. The molecule has 0 radical (unpaired) electrons. The van der Waals surface area contributed by atoms with Crippen molar-refractivity contribution in [2.24, 2.45) is 0 Å². The third kappa shape index (κ3) is 2.56. The van der Waals surface area contributed by atoms with Crippen molar-refractivity contribution in [2.45, 2.75) is 13.0 Å². The van der Waals surface area contributed by atoms with Gasteiger partial charge in [-0.25, -0.2) is 9.18 Å². The summed E-state index contributed by atoms with van der Waals surface area (Å²) in [5, 5.41) is 8.79. The molecule has 3 nitrogen and oxygen atoms in total. The molecule has 1 atom stereocenters. The average Bonchev–Trinajstić information content (AvgIpc) is 2.17. The lowest BCUT2D eigenvalue weighted by atomic mass is 10.2. The fourth-order valence-corrected chi connectivity index (χ4v) is 1.06. The van der Waals surface area contributed by atoms with E-state index < -0.39 is 17.3 Å². The SMILES string of the molecule is C=CC(C)Oc1cccc(F)c1C(=O)O. The molecule has 0 amide bonds. The summed E-state index contributed by atoms with van der Waals surface area (Å²) in [4.78, 5) is 10.8. The Kier molecular flexibility index (Phi) is 3.44. The molecule has 1 aromatic rings.